The van der Waals surface area contributed by atoms with E-state index >= 15 is 0 Å². The highest BCUT2D eigenvalue weighted by molar-refractivity contribution is 7.14. The van der Waals surface area contributed by atoms with Crippen LogP contribution in [0.2, 0.25) is 0 Å². The van der Waals surface area contributed by atoms with Gasteiger partial charge in [0.2, 0.25) is 0 Å². The van der Waals surface area contributed by atoms with Crippen molar-refractivity contribution in [2.24, 2.45) is 11.8 Å². The van der Waals surface area contributed by atoms with Gasteiger partial charge in [0.25, 0.3) is 5.91 Å². The topological polar surface area (TPSA) is 61.6 Å². The molecule has 1 aliphatic heterocycles. The average Bonchev–Trinajstić information content (AvgIpc) is 2.98. The predicted molar refractivity (Wildman–Crippen MR) is 77.9 cm³/mol. The van der Waals surface area contributed by atoms with Gasteiger partial charge >= 0.3 is 0 Å². The lowest BCUT2D eigenvalue weighted by Crippen LogP contribution is -2.29. The number of nitrogens with one attached hydrogen (secondary N) is 1. The molecule has 1 saturated heterocycles. The van der Waals surface area contributed by atoms with Crippen LogP contribution < -0.4 is 11.3 Å². The molecule has 1 amide bonds. The minimum atomic E-state index is -0.212. The maximum absolute atomic E-state index is 11.4. The molecule has 0 aliphatic carbocycles. The van der Waals surface area contributed by atoms with Crippen molar-refractivity contribution in [3.05, 3.63) is 21.9 Å². The zero-order valence-corrected chi connectivity index (χ0v) is 12.4. The van der Waals surface area contributed by atoms with E-state index in [4.69, 9.17) is 5.84 Å². The lowest BCUT2D eigenvalue weighted by Gasteiger charge is -2.20. The van der Waals surface area contributed by atoms with E-state index in [0.29, 0.717) is 4.88 Å². The van der Waals surface area contributed by atoms with Crippen LogP contribution in [0.15, 0.2) is 12.1 Å². The van der Waals surface area contributed by atoms with Crippen molar-refractivity contribution in [3.63, 3.8) is 0 Å². The Morgan fingerprint density at radius 3 is 3.05 bits per heavy atom. The van der Waals surface area contributed by atoms with Gasteiger partial charge in [-0.1, -0.05) is 0 Å². The van der Waals surface area contributed by atoms with Crippen molar-refractivity contribution in [2.75, 3.05) is 33.7 Å². The van der Waals surface area contributed by atoms with E-state index in [1.54, 1.807) is 0 Å². The highest BCUT2D eigenvalue weighted by atomic mass is 32.1. The molecule has 5 nitrogen and oxygen atoms in total. The van der Waals surface area contributed by atoms with Crippen LogP contribution in [0.3, 0.4) is 0 Å². The van der Waals surface area contributed by atoms with Gasteiger partial charge in [0.15, 0.2) is 0 Å². The van der Waals surface area contributed by atoms with Gasteiger partial charge in [-0.15, -0.1) is 11.3 Å². The maximum atomic E-state index is 11.4. The second-order valence-electron chi connectivity index (χ2n) is 5.35. The van der Waals surface area contributed by atoms with Gasteiger partial charge in [0, 0.05) is 24.5 Å². The first-order valence-electron chi connectivity index (χ1n) is 6.55. The highest BCUT2D eigenvalue weighted by Gasteiger charge is 2.20. The molecule has 19 heavy (non-hydrogen) atoms. The molecule has 0 radical (unpaired) electrons. The summed E-state index contributed by atoms with van der Waals surface area (Å²) in [5.74, 6) is 5.68. The van der Waals surface area contributed by atoms with Crippen molar-refractivity contribution < 1.29 is 4.79 Å². The molecule has 0 bridgehead atoms. The fraction of sp³-hybridized carbons (Fsp3) is 0.615. The number of hydrogen-bond acceptors (Lipinski definition) is 5. The van der Waals surface area contributed by atoms with Crippen molar-refractivity contribution in [3.8, 4) is 0 Å². The third kappa shape index (κ3) is 4.01. The molecule has 0 spiro atoms. The molecule has 2 rings (SSSR count). The molecule has 3 N–H and O–H groups in total. The van der Waals surface area contributed by atoms with Gasteiger partial charge in [-0.05, 0) is 45.1 Å². The van der Waals surface area contributed by atoms with Crippen LogP contribution in [0.1, 0.15) is 21.0 Å². The number of hydrazine groups is 1. The lowest BCUT2D eigenvalue weighted by molar-refractivity contribution is 0.0957. The van der Waals surface area contributed by atoms with E-state index in [1.165, 1.54) is 35.7 Å². The van der Waals surface area contributed by atoms with Crippen molar-refractivity contribution >= 4 is 17.2 Å². The fourth-order valence-corrected chi connectivity index (χ4v) is 3.59. The third-order valence-corrected chi connectivity index (χ3v) is 4.57. The Morgan fingerprint density at radius 1 is 1.63 bits per heavy atom. The summed E-state index contributed by atoms with van der Waals surface area (Å²) >= 11 is 1.51. The van der Waals surface area contributed by atoms with E-state index < -0.39 is 0 Å². The molecule has 1 unspecified atom stereocenters. The molecule has 1 aromatic heterocycles. The monoisotopic (exact) mass is 282 g/mol. The molecule has 1 fully saturated rings. The van der Waals surface area contributed by atoms with Crippen LogP contribution >= 0.6 is 11.3 Å². The van der Waals surface area contributed by atoms with Crippen LogP contribution in [0, 0.1) is 5.92 Å². The molecule has 0 aromatic carbocycles. The average molecular weight is 282 g/mol. The number of likely N-dealkylation sites (tertiary alicyclic amines) is 1. The normalized spacial score (nSPS) is 20.1. The smallest absolute Gasteiger partial charge is 0.275 e. The zero-order chi connectivity index (χ0) is 13.8. The molecule has 1 aromatic rings. The largest absolute Gasteiger partial charge is 0.306 e. The number of nitrogen functional groups attached to an aromatic ring is 1. The van der Waals surface area contributed by atoms with Gasteiger partial charge in [-0.2, -0.15) is 0 Å². The van der Waals surface area contributed by atoms with E-state index in [9.17, 15) is 4.79 Å². The number of rotatable bonds is 5. The van der Waals surface area contributed by atoms with Crippen LogP contribution in [0.25, 0.3) is 0 Å². The summed E-state index contributed by atoms with van der Waals surface area (Å²) in [5, 5.41) is 0. The second kappa shape index (κ2) is 6.47. The van der Waals surface area contributed by atoms with Gasteiger partial charge in [0.05, 0.1) is 4.88 Å². The van der Waals surface area contributed by atoms with Crippen molar-refractivity contribution in [1.29, 1.82) is 0 Å². The Labute approximate surface area is 118 Å². The molecular weight excluding hydrogens is 260 g/mol. The Balaban J connectivity index is 1.83. The van der Waals surface area contributed by atoms with Crippen LogP contribution in [0.4, 0.5) is 0 Å². The highest BCUT2D eigenvalue weighted by Crippen LogP contribution is 2.20. The first-order valence-corrected chi connectivity index (χ1v) is 7.37. The van der Waals surface area contributed by atoms with Gasteiger partial charge < -0.3 is 9.80 Å². The molecule has 6 heteroatoms. The number of carbonyl (C=O) groups is 1. The maximum Gasteiger partial charge on any atom is 0.275 e. The number of thiophene rings is 1. The summed E-state index contributed by atoms with van der Waals surface area (Å²) in [7, 11) is 4.32. The van der Waals surface area contributed by atoms with E-state index in [-0.39, 0.29) is 5.91 Å². The molecule has 106 valence electrons. The summed E-state index contributed by atoms with van der Waals surface area (Å²) < 4.78 is 0. The Hall–Kier alpha value is -0.950. The SMILES string of the molecule is CN1CCC(CN(C)Cc2ccc(C(=O)NN)s2)C1. The standard InChI is InChI=1S/C13H22N4OS/c1-16-6-5-10(7-16)8-17(2)9-11-3-4-12(19-11)13(18)15-14/h3-4,10H,5-9,14H2,1-2H3,(H,15,18). The third-order valence-electron chi connectivity index (χ3n) is 3.50. The number of nitrogens with two attached hydrogens (primary N) is 1. The molecule has 2 heterocycles. The Bertz CT molecular complexity index is 434. The molecule has 1 atom stereocenters. The minimum Gasteiger partial charge on any atom is -0.306 e. The zero-order valence-electron chi connectivity index (χ0n) is 11.6. The van der Waals surface area contributed by atoms with Crippen LogP contribution in [-0.4, -0.2) is 49.4 Å². The lowest BCUT2D eigenvalue weighted by atomic mass is 10.1. The Kier molecular flexibility index (Phi) is 4.93. The van der Waals surface area contributed by atoms with Crippen molar-refractivity contribution in [1.82, 2.24) is 15.2 Å². The molecule has 1 aliphatic rings. The quantitative estimate of drug-likeness (QED) is 0.475. The van der Waals surface area contributed by atoms with E-state index in [0.717, 1.165) is 19.0 Å². The first-order chi connectivity index (χ1) is 9.08. The summed E-state index contributed by atoms with van der Waals surface area (Å²) in [6.07, 6.45) is 1.28. The van der Waals surface area contributed by atoms with Crippen LogP contribution in [0.5, 0.6) is 0 Å². The minimum absolute atomic E-state index is 0.212. The van der Waals surface area contributed by atoms with E-state index in [2.05, 4.69) is 29.3 Å². The number of amides is 1. The van der Waals surface area contributed by atoms with Gasteiger partial charge in [-0.25, -0.2) is 5.84 Å². The fourth-order valence-electron chi connectivity index (χ4n) is 2.60. The van der Waals surface area contributed by atoms with E-state index in [1.807, 2.05) is 12.1 Å². The second-order valence-corrected chi connectivity index (χ2v) is 6.52. The molecular formula is C13H22N4OS. The summed E-state index contributed by atoms with van der Waals surface area (Å²) in [4.78, 5) is 18.0. The Morgan fingerprint density at radius 2 is 2.42 bits per heavy atom. The summed E-state index contributed by atoms with van der Waals surface area (Å²) in [6.45, 7) is 4.40. The summed E-state index contributed by atoms with van der Waals surface area (Å²) in [6, 6.07) is 3.84. The van der Waals surface area contributed by atoms with Gasteiger partial charge in [0.1, 0.15) is 0 Å². The number of nitrogens with zero attached hydrogens (tertiary/aromatic N) is 2. The van der Waals surface area contributed by atoms with Crippen LogP contribution in [-0.2, 0) is 6.54 Å². The number of hydrogen-bond donors (Lipinski definition) is 2. The van der Waals surface area contributed by atoms with Gasteiger partial charge in [-0.3, -0.25) is 10.2 Å². The molecule has 0 saturated carbocycles. The number of carbonyl (C=O) groups excluding carboxylic acids is 1. The first kappa shape index (κ1) is 14.5. The summed E-state index contributed by atoms with van der Waals surface area (Å²) in [5.41, 5.74) is 2.16. The van der Waals surface area contributed by atoms with Crippen molar-refractivity contribution in [2.45, 2.75) is 13.0 Å². The predicted octanol–water partition coefficient (Wildman–Crippen LogP) is 0.735.